The molecule has 0 radical (unpaired) electrons. The van der Waals surface area contributed by atoms with Gasteiger partial charge < -0.3 is 0 Å². The third kappa shape index (κ3) is 0.970. The van der Waals surface area contributed by atoms with Gasteiger partial charge >= 0.3 is 0 Å². The van der Waals surface area contributed by atoms with Crippen LogP contribution in [0.15, 0.2) is 18.2 Å². The Kier molecular flexibility index (Phi) is 1.53. The second-order valence-electron chi connectivity index (χ2n) is 3.69. The lowest BCUT2D eigenvalue weighted by Crippen LogP contribution is -2.15. The highest BCUT2D eigenvalue weighted by molar-refractivity contribution is 5.99. The smallest absolute Gasteiger partial charge is 0.165 e. The first-order valence-corrected chi connectivity index (χ1v) is 4.34. The molecule has 0 atom stereocenters. The maximum Gasteiger partial charge on any atom is 0.165 e. The van der Waals surface area contributed by atoms with Gasteiger partial charge in [0, 0.05) is 11.5 Å². The van der Waals surface area contributed by atoms with Crippen LogP contribution in [0.2, 0.25) is 0 Å². The number of ketones is 1. The van der Waals surface area contributed by atoms with E-state index >= 15 is 0 Å². The van der Waals surface area contributed by atoms with Crippen LogP contribution in [0.1, 0.15) is 35.3 Å². The van der Waals surface area contributed by atoms with Crippen molar-refractivity contribution < 1.29 is 4.79 Å². The normalized spacial score (nSPS) is 12.9. The van der Waals surface area contributed by atoms with Crippen molar-refractivity contribution in [2.45, 2.75) is 20.3 Å². The Hall–Kier alpha value is -1.11. The zero-order chi connectivity index (χ0) is 8.72. The third-order valence-electron chi connectivity index (χ3n) is 2.35. The van der Waals surface area contributed by atoms with E-state index < -0.39 is 0 Å². The van der Waals surface area contributed by atoms with Crippen molar-refractivity contribution in [2.24, 2.45) is 5.92 Å². The zero-order valence-corrected chi connectivity index (χ0v) is 7.42. The minimum atomic E-state index is 0.118. The number of carbonyl (C=O) groups is 1. The van der Waals surface area contributed by atoms with Crippen LogP contribution in [-0.4, -0.2) is 5.78 Å². The van der Waals surface area contributed by atoms with Gasteiger partial charge in [0.1, 0.15) is 0 Å². The number of hydrogen-bond acceptors (Lipinski definition) is 1. The van der Waals surface area contributed by atoms with Gasteiger partial charge in [-0.15, -0.1) is 0 Å². The first-order chi connectivity index (χ1) is 5.68. The van der Waals surface area contributed by atoms with E-state index in [1.54, 1.807) is 0 Å². The van der Waals surface area contributed by atoms with Crippen molar-refractivity contribution in [3.8, 4) is 0 Å². The van der Waals surface area contributed by atoms with Crippen LogP contribution >= 0.6 is 0 Å². The van der Waals surface area contributed by atoms with Gasteiger partial charge in [-0.05, 0) is 17.5 Å². The van der Waals surface area contributed by atoms with E-state index in [0.29, 0.717) is 0 Å². The summed E-state index contributed by atoms with van der Waals surface area (Å²) in [4.78, 5) is 11.6. The fraction of sp³-hybridized carbons (Fsp3) is 0.364. The Bertz CT molecular complexity index is 333. The van der Waals surface area contributed by atoms with Gasteiger partial charge in [0.2, 0.25) is 0 Å². The molecule has 1 aromatic rings. The molecule has 1 heteroatoms. The number of carbonyl (C=O) groups excluding carboxylic acids is 1. The van der Waals surface area contributed by atoms with Crippen LogP contribution in [0.3, 0.4) is 0 Å². The van der Waals surface area contributed by atoms with Crippen LogP contribution in [0.5, 0.6) is 0 Å². The molecule has 2 aliphatic rings. The minimum Gasteiger partial charge on any atom is -0.294 e. The molecule has 0 aliphatic heterocycles. The molecule has 0 unspecified atom stereocenters. The molecule has 1 nitrogen and oxygen atoms in total. The molecule has 3 rings (SSSR count). The molecule has 2 aliphatic carbocycles. The summed E-state index contributed by atoms with van der Waals surface area (Å²) < 4.78 is 0. The first-order valence-electron chi connectivity index (χ1n) is 4.34. The van der Waals surface area contributed by atoms with Crippen molar-refractivity contribution in [1.82, 2.24) is 0 Å². The monoisotopic (exact) mass is 160 g/mol. The first kappa shape index (κ1) is 7.53. The van der Waals surface area contributed by atoms with Crippen molar-refractivity contribution in [1.29, 1.82) is 0 Å². The van der Waals surface area contributed by atoms with Crippen LogP contribution in [0.25, 0.3) is 0 Å². The zero-order valence-electron chi connectivity index (χ0n) is 7.42. The summed E-state index contributed by atoms with van der Waals surface area (Å²) in [6.45, 7) is 3.89. The number of hydrogen-bond donors (Lipinski definition) is 0. The van der Waals surface area contributed by atoms with Crippen molar-refractivity contribution >= 4 is 5.78 Å². The quantitative estimate of drug-likeness (QED) is 0.616. The van der Waals surface area contributed by atoms with E-state index in [0.717, 1.165) is 12.0 Å². The lowest BCUT2D eigenvalue weighted by Gasteiger charge is -2.19. The Morgan fingerprint density at radius 1 is 1.42 bits per heavy atom. The van der Waals surface area contributed by atoms with Crippen LogP contribution < -0.4 is 0 Å². The van der Waals surface area contributed by atoms with E-state index in [1.165, 1.54) is 11.1 Å². The fourth-order valence-electron chi connectivity index (χ4n) is 1.54. The number of Topliss-reactive ketones (excluding diaryl/α,β-unsaturated/α-hetero) is 1. The van der Waals surface area contributed by atoms with Gasteiger partial charge in [-0.3, -0.25) is 4.79 Å². The molecule has 0 N–H and O–H groups in total. The average molecular weight is 160 g/mol. The molecule has 0 heterocycles. The molecule has 1 aromatic carbocycles. The van der Waals surface area contributed by atoms with E-state index in [1.807, 2.05) is 26.0 Å². The molecule has 0 amide bonds. The van der Waals surface area contributed by atoms with Gasteiger partial charge in [0.25, 0.3) is 0 Å². The van der Waals surface area contributed by atoms with Crippen LogP contribution in [0, 0.1) is 5.92 Å². The topological polar surface area (TPSA) is 17.1 Å². The Morgan fingerprint density at radius 2 is 2.08 bits per heavy atom. The molecule has 2 bridgehead atoms. The highest BCUT2D eigenvalue weighted by atomic mass is 16.1. The van der Waals surface area contributed by atoms with E-state index in [9.17, 15) is 4.79 Å². The van der Waals surface area contributed by atoms with Gasteiger partial charge in [0.05, 0.1) is 0 Å². The summed E-state index contributed by atoms with van der Waals surface area (Å²) >= 11 is 0. The summed E-state index contributed by atoms with van der Waals surface area (Å²) in [5.74, 6) is 0.393. The molecule has 0 aromatic heterocycles. The molecular formula is C11H12O. The van der Waals surface area contributed by atoms with Gasteiger partial charge in [0.15, 0.2) is 5.78 Å². The maximum absolute atomic E-state index is 11.6. The number of benzene rings is 1. The van der Waals surface area contributed by atoms with Gasteiger partial charge in [-0.2, -0.15) is 0 Å². The van der Waals surface area contributed by atoms with Gasteiger partial charge in [-0.25, -0.2) is 0 Å². The Morgan fingerprint density at radius 3 is 2.50 bits per heavy atom. The summed E-state index contributed by atoms with van der Waals surface area (Å²) in [6.07, 6.45) is 1.00. The second kappa shape index (κ2) is 2.44. The third-order valence-corrected chi connectivity index (χ3v) is 2.35. The van der Waals surface area contributed by atoms with Crippen molar-refractivity contribution in [3.63, 3.8) is 0 Å². The highest BCUT2D eigenvalue weighted by Crippen LogP contribution is 2.26. The molecule has 0 spiro atoms. The summed E-state index contributed by atoms with van der Waals surface area (Å²) in [5, 5.41) is 0. The highest BCUT2D eigenvalue weighted by Gasteiger charge is 2.19. The lowest BCUT2D eigenvalue weighted by atomic mass is 9.85. The largest absolute Gasteiger partial charge is 0.294 e. The van der Waals surface area contributed by atoms with E-state index in [2.05, 4.69) is 6.07 Å². The predicted octanol–water partition coefficient (Wildman–Crippen LogP) is 2.43. The predicted molar refractivity (Wildman–Crippen MR) is 48.4 cm³/mol. The Balaban J connectivity index is 2.37. The second-order valence-corrected chi connectivity index (χ2v) is 3.69. The molecule has 62 valence electrons. The fourth-order valence-corrected chi connectivity index (χ4v) is 1.54. The number of fused-ring (bicyclic) bond motifs is 2. The molecule has 0 saturated carbocycles. The standard InChI is InChI=1S/C11H12O/c1-7(2)11(12)10-4-3-8-5-9(10)6-8/h3-5,7H,6H2,1-2H3. The maximum atomic E-state index is 11.6. The Labute approximate surface area is 72.4 Å². The SMILES string of the molecule is CC(C)C(=O)c1ccc2cc1C2. The molecule has 12 heavy (non-hydrogen) atoms. The van der Waals surface area contributed by atoms with E-state index in [4.69, 9.17) is 0 Å². The van der Waals surface area contributed by atoms with E-state index in [-0.39, 0.29) is 11.7 Å². The van der Waals surface area contributed by atoms with Crippen molar-refractivity contribution in [3.05, 3.63) is 34.9 Å². The van der Waals surface area contributed by atoms with Crippen LogP contribution in [0.4, 0.5) is 0 Å². The van der Waals surface area contributed by atoms with Crippen LogP contribution in [-0.2, 0) is 6.42 Å². The minimum absolute atomic E-state index is 0.118. The summed E-state index contributed by atoms with van der Waals surface area (Å²) in [7, 11) is 0. The average Bonchev–Trinajstić information content (AvgIpc) is 2.01. The molecule has 0 fully saturated rings. The number of rotatable bonds is 2. The molecular weight excluding hydrogens is 148 g/mol. The summed E-state index contributed by atoms with van der Waals surface area (Å²) in [6, 6.07) is 6.11. The molecule has 0 saturated heterocycles. The van der Waals surface area contributed by atoms with Crippen molar-refractivity contribution in [2.75, 3.05) is 0 Å². The summed E-state index contributed by atoms with van der Waals surface area (Å²) in [5.41, 5.74) is 3.51. The van der Waals surface area contributed by atoms with Gasteiger partial charge in [-0.1, -0.05) is 32.0 Å². The lowest BCUT2D eigenvalue weighted by molar-refractivity contribution is 0.0938.